The SMILES string of the molecule is COc1cc(/C=C2\SC(=S)N(CCCCCC(=O)Nc3nnc(C)s3)C2=O)ccc1OC1CCCCC1. The number of nitrogens with zero attached hydrogens (tertiary/aromatic N) is 3. The van der Waals surface area contributed by atoms with E-state index in [0.29, 0.717) is 33.1 Å². The molecule has 2 amide bonds. The van der Waals surface area contributed by atoms with Crippen LogP contribution in [0.25, 0.3) is 6.08 Å². The van der Waals surface area contributed by atoms with E-state index in [-0.39, 0.29) is 17.9 Å². The highest BCUT2D eigenvalue weighted by Crippen LogP contribution is 2.36. The number of amides is 2. The summed E-state index contributed by atoms with van der Waals surface area (Å²) < 4.78 is 12.3. The van der Waals surface area contributed by atoms with Crippen LogP contribution >= 0.6 is 35.3 Å². The maximum absolute atomic E-state index is 13.0. The van der Waals surface area contributed by atoms with Crippen molar-refractivity contribution >= 4 is 62.7 Å². The topological polar surface area (TPSA) is 93.6 Å². The monoisotopic (exact) mass is 560 g/mol. The molecule has 11 heteroatoms. The molecule has 0 unspecified atom stereocenters. The van der Waals surface area contributed by atoms with E-state index < -0.39 is 0 Å². The Morgan fingerprint density at radius 1 is 1.19 bits per heavy atom. The molecule has 1 N–H and O–H groups in total. The maximum atomic E-state index is 13.0. The molecular formula is C26H32N4O4S3. The van der Waals surface area contributed by atoms with E-state index in [0.717, 1.165) is 48.4 Å². The minimum atomic E-state index is -0.0825. The number of rotatable bonds is 11. The van der Waals surface area contributed by atoms with Gasteiger partial charge in [-0.25, -0.2) is 0 Å². The molecule has 2 aromatic rings. The summed E-state index contributed by atoms with van der Waals surface area (Å²) in [6.07, 6.45) is 10.6. The molecule has 0 radical (unpaired) electrons. The van der Waals surface area contributed by atoms with Crippen LogP contribution in [0.5, 0.6) is 11.5 Å². The summed E-state index contributed by atoms with van der Waals surface area (Å²) in [4.78, 5) is 27.3. The normalized spacial score (nSPS) is 17.5. The quantitative estimate of drug-likeness (QED) is 0.204. The lowest BCUT2D eigenvalue weighted by Crippen LogP contribution is -2.29. The number of ether oxygens (including phenoxy) is 2. The molecule has 2 heterocycles. The van der Waals surface area contributed by atoms with E-state index in [1.807, 2.05) is 31.2 Å². The summed E-state index contributed by atoms with van der Waals surface area (Å²) in [6.45, 7) is 2.38. The van der Waals surface area contributed by atoms with Gasteiger partial charge >= 0.3 is 0 Å². The number of aromatic nitrogens is 2. The average Bonchev–Trinajstić information content (AvgIpc) is 3.41. The van der Waals surface area contributed by atoms with Gasteiger partial charge in [0.25, 0.3) is 5.91 Å². The minimum absolute atomic E-state index is 0.0738. The standard InChI is InChI=1S/C26H32N4O4S3/c1-17-28-29-25(36-17)27-23(31)11-7-4-8-14-30-24(32)22(37-26(30)35)16-18-12-13-20(21(15-18)33-2)34-19-9-5-3-6-10-19/h12-13,15-16,19H,3-11,14H2,1-2H3,(H,27,29,31)/b22-16-. The van der Waals surface area contributed by atoms with Gasteiger partial charge in [-0.2, -0.15) is 0 Å². The van der Waals surface area contributed by atoms with E-state index >= 15 is 0 Å². The van der Waals surface area contributed by atoms with Crippen LogP contribution in [0.4, 0.5) is 5.13 Å². The van der Waals surface area contributed by atoms with E-state index in [1.165, 1.54) is 42.4 Å². The fourth-order valence-electron chi connectivity index (χ4n) is 4.34. The molecule has 198 valence electrons. The molecule has 37 heavy (non-hydrogen) atoms. The Kier molecular flexibility index (Phi) is 9.93. The van der Waals surface area contributed by atoms with Crippen LogP contribution in [-0.4, -0.2) is 51.0 Å². The van der Waals surface area contributed by atoms with Crippen LogP contribution in [0.3, 0.4) is 0 Å². The van der Waals surface area contributed by atoms with Gasteiger partial charge in [0.05, 0.1) is 18.1 Å². The summed E-state index contributed by atoms with van der Waals surface area (Å²) in [5.41, 5.74) is 0.866. The van der Waals surface area contributed by atoms with Crippen molar-refractivity contribution in [3.05, 3.63) is 33.7 Å². The number of unbranched alkanes of at least 4 members (excludes halogenated alkanes) is 2. The number of hydrogen-bond donors (Lipinski definition) is 1. The summed E-state index contributed by atoms with van der Waals surface area (Å²) >= 11 is 8.14. The van der Waals surface area contributed by atoms with Gasteiger partial charge in [0.1, 0.15) is 9.33 Å². The minimum Gasteiger partial charge on any atom is -0.493 e. The number of aryl methyl sites for hydroxylation is 1. The smallest absolute Gasteiger partial charge is 0.266 e. The maximum Gasteiger partial charge on any atom is 0.266 e. The van der Waals surface area contributed by atoms with Gasteiger partial charge in [0.15, 0.2) is 11.5 Å². The molecule has 1 aromatic carbocycles. The van der Waals surface area contributed by atoms with Crippen LogP contribution in [-0.2, 0) is 9.59 Å². The van der Waals surface area contributed by atoms with E-state index in [2.05, 4.69) is 15.5 Å². The molecule has 2 aliphatic rings. The first kappa shape index (κ1) is 27.5. The number of hydrogen-bond acceptors (Lipinski definition) is 9. The number of anilines is 1. The number of methoxy groups -OCH3 is 1. The zero-order valence-electron chi connectivity index (χ0n) is 21.2. The molecule has 0 spiro atoms. The second kappa shape index (κ2) is 13.3. The molecular weight excluding hydrogens is 529 g/mol. The number of benzene rings is 1. The first-order chi connectivity index (χ1) is 17.9. The fraction of sp³-hybridized carbons (Fsp3) is 0.500. The van der Waals surface area contributed by atoms with Crippen LogP contribution in [0.15, 0.2) is 23.1 Å². The molecule has 2 fully saturated rings. The summed E-state index contributed by atoms with van der Waals surface area (Å²) in [5, 5.41) is 11.9. The number of carbonyl (C=O) groups excluding carboxylic acids is 2. The van der Waals surface area contributed by atoms with Crippen molar-refractivity contribution in [2.24, 2.45) is 0 Å². The van der Waals surface area contributed by atoms with Crippen LogP contribution in [0.1, 0.15) is 68.4 Å². The van der Waals surface area contributed by atoms with Gasteiger partial charge in [0.2, 0.25) is 11.0 Å². The van der Waals surface area contributed by atoms with E-state index in [4.69, 9.17) is 21.7 Å². The van der Waals surface area contributed by atoms with Crippen LogP contribution in [0, 0.1) is 6.92 Å². The third kappa shape index (κ3) is 7.75. The lowest BCUT2D eigenvalue weighted by Gasteiger charge is -2.24. The second-order valence-electron chi connectivity index (χ2n) is 9.11. The fourth-order valence-corrected chi connectivity index (χ4v) is 6.26. The molecule has 1 aliphatic heterocycles. The number of thiocarbonyl (C=S) groups is 1. The van der Waals surface area contributed by atoms with Crippen molar-refractivity contribution in [3.8, 4) is 11.5 Å². The molecule has 1 aliphatic carbocycles. The first-order valence-electron chi connectivity index (χ1n) is 12.6. The molecule has 4 rings (SSSR count). The van der Waals surface area contributed by atoms with Gasteiger partial charge < -0.3 is 14.8 Å². The van der Waals surface area contributed by atoms with E-state index in [1.54, 1.807) is 12.0 Å². The molecule has 0 atom stereocenters. The van der Waals surface area contributed by atoms with Crippen molar-refractivity contribution in [1.82, 2.24) is 15.1 Å². The van der Waals surface area contributed by atoms with Crippen LogP contribution < -0.4 is 14.8 Å². The van der Waals surface area contributed by atoms with Crippen LogP contribution in [0.2, 0.25) is 0 Å². The third-order valence-electron chi connectivity index (χ3n) is 6.26. The second-order valence-corrected chi connectivity index (χ2v) is 12.0. The molecule has 1 aromatic heterocycles. The highest BCUT2D eigenvalue weighted by Gasteiger charge is 2.31. The first-order valence-corrected chi connectivity index (χ1v) is 14.7. The highest BCUT2D eigenvalue weighted by atomic mass is 32.2. The zero-order valence-corrected chi connectivity index (χ0v) is 23.6. The summed E-state index contributed by atoms with van der Waals surface area (Å²) in [7, 11) is 1.63. The molecule has 1 saturated carbocycles. The lowest BCUT2D eigenvalue weighted by molar-refractivity contribution is -0.122. The Hall–Kier alpha value is -2.50. The number of thioether (sulfide) groups is 1. The number of carbonyl (C=O) groups is 2. The van der Waals surface area contributed by atoms with Gasteiger partial charge in [-0.05, 0) is 69.2 Å². The van der Waals surface area contributed by atoms with Crippen molar-refractivity contribution in [1.29, 1.82) is 0 Å². The highest BCUT2D eigenvalue weighted by molar-refractivity contribution is 8.26. The largest absolute Gasteiger partial charge is 0.493 e. The molecule has 8 nitrogen and oxygen atoms in total. The third-order valence-corrected chi connectivity index (χ3v) is 8.39. The summed E-state index contributed by atoms with van der Waals surface area (Å²) in [6, 6.07) is 5.77. The van der Waals surface area contributed by atoms with Gasteiger partial charge in [-0.3, -0.25) is 14.5 Å². The van der Waals surface area contributed by atoms with Crippen molar-refractivity contribution < 1.29 is 19.1 Å². The Morgan fingerprint density at radius 3 is 2.73 bits per heavy atom. The van der Waals surface area contributed by atoms with Crippen molar-refractivity contribution in [2.45, 2.75) is 70.8 Å². The lowest BCUT2D eigenvalue weighted by atomic mass is 9.98. The van der Waals surface area contributed by atoms with Gasteiger partial charge in [-0.15, -0.1) is 10.2 Å². The van der Waals surface area contributed by atoms with E-state index in [9.17, 15) is 9.59 Å². The Morgan fingerprint density at radius 2 is 2.00 bits per heavy atom. The predicted octanol–water partition coefficient (Wildman–Crippen LogP) is 5.97. The zero-order chi connectivity index (χ0) is 26.2. The average molecular weight is 561 g/mol. The Bertz CT molecular complexity index is 1160. The Labute approximate surface area is 231 Å². The molecule has 0 bridgehead atoms. The number of nitrogens with one attached hydrogen (secondary N) is 1. The van der Waals surface area contributed by atoms with Gasteiger partial charge in [0, 0.05) is 13.0 Å². The van der Waals surface area contributed by atoms with Crippen molar-refractivity contribution in [3.63, 3.8) is 0 Å². The summed E-state index contributed by atoms with van der Waals surface area (Å²) in [5.74, 6) is 1.25. The molecule has 1 saturated heterocycles. The Balaban J connectivity index is 1.25. The van der Waals surface area contributed by atoms with Crippen molar-refractivity contribution in [2.75, 3.05) is 19.0 Å². The predicted molar refractivity (Wildman–Crippen MR) is 152 cm³/mol. The van der Waals surface area contributed by atoms with Gasteiger partial charge in [-0.1, -0.05) is 54.2 Å².